The van der Waals surface area contributed by atoms with Crippen molar-refractivity contribution < 1.29 is 9.84 Å². The summed E-state index contributed by atoms with van der Waals surface area (Å²) in [7, 11) is 1.59. The number of benzene rings is 2. The van der Waals surface area contributed by atoms with E-state index in [4.69, 9.17) is 10.00 Å². The Hall–Kier alpha value is -2.51. The summed E-state index contributed by atoms with van der Waals surface area (Å²) in [4.78, 5) is 0. The fourth-order valence-electron chi connectivity index (χ4n) is 1.92. The molecular formula is C16H16N2O2. The Balaban J connectivity index is 1.97. The molecule has 0 saturated heterocycles. The highest BCUT2D eigenvalue weighted by Crippen LogP contribution is 2.22. The topological polar surface area (TPSA) is 65.3 Å². The molecule has 4 heteroatoms. The zero-order chi connectivity index (χ0) is 14.4. The van der Waals surface area contributed by atoms with Crippen molar-refractivity contribution in [3.8, 4) is 17.6 Å². The van der Waals surface area contributed by atoms with Crippen molar-refractivity contribution in [2.24, 2.45) is 0 Å². The van der Waals surface area contributed by atoms with E-state index in [0.717, 1.165) is 11.1 Å². The largest absolute Gasteiger partial charge is 0.508 e. The van der Waals surface area contributed by atoms with Crippen LogP contribution in [0.15, 0.2) is 42.5 Å². The summed E-state index contributed by atoms with van der Waals surface area (Å²) in [5.41, 5.74) is 2.46. The molecule has 0 atom stereocenters. The fourth-order valence-corrected chi connectivity index (χ4v) is 1.92. The minimum Gasteiger partial charge on any atom is -0.508 e. The smallest absolute Gasteiger partial charge is 0.120 e. The lowest BCUT2D eigenvalue weighted by molar-refractivity contribution is 0.410. The predicted octanol–water partition coefficient (Wildman–Crippen LogP) is 2.56. The van der Waals surface area contributed by atoms with Crippen molar-refractivity contribution in [1.29, 1.82) is 5.26 Å². The van der Waals surface area contributed by atoms with E-state index in [1.54, 1.807) is 31.4 Å². The Morgan fingerprint density at radius 2 is 2.05 bits per heavy atom. The monoisotopic (exact) mass is 268 g/mol. The van der Waals surface area contributed by atoms with Crippen molar-refractivity contribution in [1.82, 2.24) is 5.32 Å². The number of ether oxygens (including phenoxy) is 1. The van der Waals surface area contributed by atoms with Gasteiger partial charge in [0.05, 0.1) is 18.7 Å². The van der Waals surface area contributed by atoms with Crippen LogP contribution in [0, 0.1) is 11.3 Å². The van der Waals surface area contributed by atoms with Gasteiger partial charge in [-0.05, 0) is 35.9 Å². The molecule has 0 aromatic heterocycles. The maximum Gasteiger partial charge on any atom is 0.120 e. The Morgan fingerprint density at radius 1 is 1.20 bits per heavy atom. The first-order valence-corrected chi connectivity index (χ1v) is 6.28. The van der Waals surface area contributed by atoms with Crippen LogP contribution in [-0.4, -0.2) is 12.2 Å². The van der Waals surface area contributed by atoms with Gasteiger partial charge in [-0.1, -0.05) is 12.1 Å². The second-order valence-corrected chi connectivity index (χ2v) is 4.41. The lowest BCUT2D eigenvalue weighted by Gasteiger charge is -2.09. The molecule has 0 aliphatic rings. The number of methoxy groups -OCH3 is 1. The molecule has 0 aliphatic heterocycles. The zero-order valence-corrected chi connectivity index (χ0v) is 11.3. The van der Waals surface area contributed by atoms with Crippen LogP contribution in [-0.2, 0) is 13.1 Å². The lowest BCUT2D eigenvalue weighted by atomic mass is 10.1. The third kappa shape index (κ3) is 3.50. The fraction of sp³-hybridized carbons (Fsp3) is 0.188. The van der Waals surface area contributed by atoms with Crippen molar-refractivity contribution in [3.05, 3.63) is 59.2 Å². The molecule has 0 unspecified atom stereocenters. The Kier molecular flexibility index (Phi) is 4.59. The molecule has 0 heterocycles. The van der Waals surface area contributed by atoms with Gasteiger partial charge in [-0.2, -0.15) is 5.26 Å². The van der Waals surface area contributed by atoms with Crippen LogP contribution in [0.2, 0.25) is 0 Å². The van der Waals surface area contributed by atoms with E-state index >= 15 is 0 Å². The van der Waals surface area contributed by atoms with Crippen LogP contribution in [0.5, 0.6) is 11.5 Å². The van der Waals surface area contributed by atoms with E-state index in [2.05, 4.69) is 11.4 Å². The predicted molar refractivity (Wildman–Crippen MR) is 76.4 cm³/mol. The summed E-state index contributed by atoms with van der Waals surface area (Å²) < 4.78 is 5.13. The molecule has 0 saturated carbocycles. The van der Waals surface area contributed by atoms with Gasteiger partial charge in [0.25, 0.3) is 0 Å². The van der Waals surface area contributed by atoms with E-state index in [1.165, 1.54) is 0 Å². The molecule has 0 aliphatic carbocycles. The van der Waals surface area contributed by atoms with Crippen molar-refractivity contribution in [2.75, 3.05) is 7.11 Å². The van der Waals surface area contributed by atoms with E-state index in [1.807, 2.05) is 18.2 Å². The molecule has 2 aromatic carbocycles. The van der Waals surface area contributed by atoms with E-state index < -0.39 is 0 Å². The molecular weight excluding hydrogens is 252 g/mol. The number of nitrogens with zero attached hydrogens (tertiary/aromatic N) is 1. The quantitative estimate of drug-likeness (QED) is 0.874. The highest BCUT2D eigenvalue weighted by molar-refractivity contribution is 5.39. The number of aromatic hydroxyl groups is 1. The van der Waals surface area contributed by atoms with Crippen molar-refractivity contribution in [2.45, 2.75) is 13.1 Å². The van der Waals surface area contributed by atoms with Crippen LogP contribution in [0.4, 0.5) is 0 Å². The molecule has 0 bridgehead atoms. The van der Waals surface area contributed by atoms with Gasteiger partial charge in [0.15, 0.2) is 0 Å². The van der Waals surface area contributed by atoms with Crippen molar-refractivity contribution in [3.63, 3.8) is 0 Å². The van der Waals surface area contributed by atoms with E-state index in [9.17, 15) is 5.11 Å². The van der Waals surface area contributed by atoms with Gasteiger partial charge in [-0.3, -0.25) is 0 Å². The van der Waals surface area contributed by atoms with E-state index in [-0.39, 0.29) is 5.75 Å². The third-order valence-corrected chi connectivity index (χ3v) is 2.99. The molecule has 102 valence electrons. The Bertz CT molecular complexity index is 633. The van der Waals surface area contributed by atoms with Crippen LogP contribution in [0.1, 0.15) is 16.7 Å². The number of nitrogens with one attached hydrogen (secondary N) is 1. The van der Waals surface area contributed by atoms with Gasteiger partial charge in [0.2, 0.25) is 0 Å². The Morgan fingerprint density at radius 3 is 2.80 bits per heavy atom. The number of nitriles is 1. The average Bonchev–Trinajstić information content (AvgIpc) is 2.49. The first kappa shape index (κ1) is 13.9. The average molecular weight is 268 g/mol. The molecule has 2 rings (SSSR count). The summed E-state index contributed by atoms with van der Waals surface area (Å²) in [5.74, 6) is 0.954. The second kappa shape index (κ2) is 6.60. The van der Waals surface area contributed by atoms with Gasteiger partial charge in [0.1, 0.15) is 11.5 Å². The lowest BCUT2D eigenvalue weighted by Crippen LogP contribution is -2.12. The van der Waals surface area contributed by atoms with Crippen molar-refractivity contribution >= 4 is 0 Å². The summed E-state index contributed by atoms with van der Waals surface area (Å²) in [6, 6.07) is 14.7. The van der Waals surface area contributed by atoms with Gasteiger partial charge >= 0.3 is 0 Å². The number of hydrogen-bond acceptors (Lipinski definition) is 4. The zero-order valence-electron chi connectivity index (χ0n) is 11.3. The number of phenols is 1. The van der Waals surface area contributed by atoms with Crippen LogP contribution >= 0.6 is 0 Å². The summed E-state index contributed by atoms with van der Waals surface area (Å²) >= 11 is 0. The molecule has 0 radical (unpaired) electrons. The standard InChI is InChI=1S/C16H16N2O2/c1-20-15-5-6-16(19)14(8-15)11-18-10-13-4-2-3-12(7-13)9-17/h2-8,18-19H,10-11H2,1H3. The van der Waals surface area contributed by atoms with Gasteiger partial charge in [0, 0.05) is 18.7 Å². The number of phenolic OH excluding ortho intramolecular Hbond substituents is 1. The molecule has 4 nitrogen and oxygen atoms in total. The van der Waals surface area contributed by atoms with E-state index in [0.29, 0.717) is 24.4 Å². The third-order valence-electron chi connectivity index (χ3n) is 2.99. The summed E-state index contributed by atoms with van der Waals surface area (Å²) in [6.07, 6.45) is 0. The molecule has 0 spiro atoms. The maximum absolute atomic E-state index is 9.77. The molecule has 0 amide bonds. The van der Waals surface area contributed by atoms with Gasteiger partial charge in [-0.25, -0.2) is 0 Å². The molecule has 2 aromatic rings. The van der Waals surface area contributed by atoms with Gasteiger partial charge in [-0.15, -0.1) is 0 Å². The summed E-state index contributed by atoms with van der Waals surface area (Å²) in [6.45, 7) is 1.16. The minimum atomic E-state index is 0.240. The number of hydrogen-bond donors (Lipinski definition) is 2. The van der Waals surface area contributed by atoms with Crippen LogP contribution in [0.25, 0.3) is 0 Å². The first-order valence-electron chi connectivity index (χ1n) is 6.28. The van der Waals surface area contributed by atoms with Gasteiger partial charge < -0.3 is 15.2 Å². The first-order chi connectivity index (χ1) is 9.72. The highest BCUT2D eigenvalue weighted by atomic mass is 16.5. The molecule has 0 fully saturated rings. The Labute approximate surface area is 118 Å². The maximum atomic E-state index is 9.77. The minimum absolute atomic E-state index is 0.240. The van der Waals surface area contributed by atoms with Crippen LogP contribution < -0.4 is 10.1 Å². The highest BCUT2D eigenvalue weighted by Gasteiger charge is 2.03. The molecule has 2 N–H and O–H groups in total. The second-order valence-electron chi connectivity index (χ2n) is 4.41. The molecule has 20 heavy (non-hydrogen) atoms. The number of rotatable bonds is 5. The normalized spacial score (nSPS) is 10.0. The SMILES string of the molecule is COc1ccc(O)c(CNCc2cccc(C#N)c2)c1. The summed E-state index contributed by atoms with van der Waals surface area (Å²) in [5, 5.41) is 21.8. The van der Waals surface area contributed by atoms with Crippen LogP contribution in [0.3, 0.4) is 0 Å².